The zero-order chi connectivity index (χ0) is 25.5. The van der Waals surface area contributed by atoms with Crippen molar-refractivity contribution in [3.63, 3.8) is 0 Å². The lowest BCUT2D eigenvalue weighted by Crippen LogP contribution is -2.51. The highest BCUT2D eigenvalue weighted by molar-refractivity contribution is 9.10. The third-order valence-corrected chi connectivity index (χ3v) is 7.81. The second-order valence-corrected chi connectivity index (χ2v) is 11.0. The second kappa shape index (κ2) is 13.0. The Balaban J connectivity index is 1.77. The van der Waals surface area contributed by atoms with Gasteiger partial charge < -0.3 is 15.0 Å². The van der Waals surface area contributed by atoms with Gasteiger partial charge in [0.25, 0.3) is 5.91 Å². The van der Waals surface area contributed by atoms with Gasteiger partial charge in [0.05, 0.1) is 4.47 Å². The third kappa shape index (κ3) is 7.61. The highest BCUT2D eigenvalue weighted by atomic mass is 79.9. The molecule has 1 unspecified atom stereocenters. The predicted molar refractivity (Wildman–Crippen MR) is 145 cm³/mol. The molecule has 0 saturated heterocycles. The molecule has 3 rings (SSSR count). The highest BCUT2D eigenvalue weighted by Gasteiger charge is 2.29. The van der Waals surface area contributed by atoms with E-state index in [4.69, 9.17) is 27.9 Å². The van der Waals surface area contributed by atoms with Crippen LogP contribution in [0.1, 0.15) is 69.9 Å². The Morgan fingerprint density at radius 2 is 1.74 bits per heavy atom. The molecule has 0 spiro atoms. The van der Waals surface area contributed by atoms with Gasteiger partial charge in [0.2, 0.25) is 5.91 Å². The number of hydrogen-bond acceptors (Lipinski definition) is 3. The number of carbonyl (C=O) groups excluding carboxylic acids is 2. The fraction of sp³-hybridized carbons (Fsp3) is 0.481. The van der Waals surface area contributed by atoms with E-state index in [-0.39, 0.29) is 31.0 Å². The minimum Gasteiger partial charge on any atom is -0.483 e. The topological polar surface area (TPSA) is 58.6 Å². The van der Waals surface area contributed by atoms with Crippen LogP contribution in [0.2, 0.25) is 10.0 Å². The van der Waals surface area contributed by atoms with Gasteiger partial charge in [0.15, 0.2) is 6.61 Å². The minimum atomic E-state index is -0.716. The van der Waals surface area contributed by atoms with E-state index in [1.807, 2.05) is 18.2 Å². The zero-order valence-electron chi connectivity index (χ0n) is 20.5. The summed E-state index contributed by atoms with van der Waals surface area (Å²) in [5.74, 6) is 0.433. The molecule has 190 valence electrons. The number of benzene rings is 2. The van der Waals surface area contributed by atoms with Crippen LogP contribution in [0.4, 0.5) is 0 Å². The summed E-state index contributed by atoms with van der Waals surface area (Å²) in [6, 6.07) is 10.5. The van der Waals surface area contributed by atoms with Gasteiger partial charge in [-0.2, -0.15) is 0 Å². The first-order valence-electron chi connectivity index (χ1n) is 12.1. The number of nitrogens with one attached hydrogen (secondary N) is 1. The van der Waals surface area contributed by atoms with Crippen LogP contribution in [0.25, 0.3) is 0 Å². The first-order chi connectivity index (χ1) is 16.7. The van der Waals surface area contributed by atoms with Gasteiger partial charge in [-0.25, -0.2) is 0 Å². The largest absolute Gasteiger partial charge is 0.483 e. The minimum absolute atomic E-state index is 0.105. The summed E-state index contributed by atoms with van der Waals surface area (Å²) in [5.41, 5.74) is 1.77. The van der Waals surface area contributed by atoms with Crippen molar-refractivity contribution in [3.8, 4) is 5.75 Å². The Morgan fingerprint density at radius 1 is 1.09 bits per heavy atom. The lowest BCUT2D eigenvalue weighted by Gasteiger charge is -2.31. The highest BCUT2D eigenvalue weighted by Crippen LogP contribution is 2.30. The quantitative estimate of drug-likeness (QED) is 0.342. The van der Waals surface area contributed by atoms with Crippen molar-refractivity contribution >= 4 is 50.9 Å². The molecule has 2 amide bonds. The maximum Gasteiger partial charge on any atom is 0.261 e. The van der Waals surface area contributed by atoms with Crippen LogP contribution >= 0.6 is 39.1 Å². The SMILES string of the molecule is CC(C)c1ccc(OCC(=O)N(Cc2c(Cl)cccc2Cl)C(C)C(=O)NC2CCCCC2)c(Br)c1. The van der Waals surface area contributed by atoms with Gasteiger partial charge >= 0.3 is 0 Å². The first-order valence-corrected chi connectivity index (χ1v) is 13.7. The van der Waals surface area contributed by atoms with E-state index < -0.39 is 6.04 Å². The number of carbonyl (C=O) groups is 2. The number of ether oxygens (including phenoxy) is 1. The standard InChI is InChI=1S/C27H33BrCl2N2O3/c1-17(2)19-12-13-25(22(28)14-19)35-16-26(33)32(15-21-23(29)10-7-11-24(21)30)18(3)27(34)31-20-8-5-4-6-9-20/h7,10-14,17-18,20H,4-6,8-9,15-16H2,1-3H3,(H,31,34). The Hall–Kier alpha value is -1.76. The van der Waals surface area contributed by atoms with E-state index in [0.717, 1.165) is 30.2 Å². The van der Waals surface area contributed by atoms with Crippen molar-refractivity contribution in [2.24, 2.45) is 0 Å². The average Bonchev–Trinajstić information content (AvgIpc) is 2.83. The molecule has 1 atom stereocenters. The number of hydrogen-bond donors (Lipinski definition) is 1. The average molecular weight is 584 g/mol. The molecule has 1 fully saturated rings. The molecule has 1 saturated carbocycles. The maximum atomic E-state index is 13.4. The molecule has 0 bridgehead atoms. The molecule has 1 aliphatic carbocycles. The molecule has 35 heavy (non-hydrogen) atoms. The third-order valence-electron chi connectivity index (χ3n) is 6.48. The molecular formula is C27H33BrCl2N2O3. The molecule has 0 aliphatic heterocycles. The molecule has 0 heterocycles. The summed E-state index contributed by atoms with van der Waals surface area (Å²) < 4.78 is 6.63. The molecular weight excluding hydrogens is 551 g/mol. The second-order valence-electron chi connectivity index (χ2n) is 9.37. The summed E-state index contributed by atoms with van der Waals surface area (Å²) >= 11 is 16.3. The summed E-state index contributed by atoms with van der Waals surface area (Å²) in [7, 11) is 0. The summed E-state index contributed by atoms with van der Waals surface area (Å²) in [6.07, 6.45) is 5.34. The van der Waals surface area contributed by atoms with Crippen LogP contribution in [0.3, 0.4) is 0 Å². The van der Waals surface area contributed by atoms with Crippen LogP contribution in [-0.4, -0.2) is 35.4 Å². The van der Waals surface area contributed by atoms with E-state index in [1.165, 1.54) is 16.9 Å². The van der Waals surface area contributed by atoms with Crippen molar-refractivity contribution in [2.45, 2.75) is 77.4 Å². The Kier molecular flexibility index (Phi) is 10.3. The van der Waals surface area contributed by atoms with E-state index in [9.17, 15) is 9.59 Å². The van der Waals surface area contributed by atoms with Gasteiger partial charge in [0, 0.05) is 28.2 Å². The molecule has 1 aliphatic rings. The number of rotatable bonds is 9. The molecule has 2 aromatic rings. The van der Waals surface area contributed by atoms with Crippen LogP contribution < -0.4 is 10.1 Å². The zero-order valence-corrected chi connectivity index (χ0v) is 23.5. The Bertz CT molecular complexity index is 1020. The van der Waals surface area contributed by atoms with Gasteiger partial charge in [-0.05, 0) is 71.4 Å². The fourth-order valence-electron chi connectivity index (χ4n) is 4.22. The van der Waals surface area contributed by atoms with E-state index in [1.54, 1.807) is 25.1 Å². The number of halogens is 3. The van der Waals surface area contributed by atoms with Crippen LogP contribution in [0.5, 0.6) is 5.75 Å². The summed E-state index contributed by atoms with van der Waals surface area (Å²) in [6.45, 7) is 5.84. The molecule has 0 aromatic heterocycles. The van der Waals surface area contributed by atoms with Crippen molar-refractivity contribution in [2.75, 3.05) is 6.61 Å². The maximum absolute atomic E-state index is 13.4. The van der Waals surface area contributed by atoms with Gasteiger partial charge in [0.1, 0.15) is 11.8 Å². The van der Waals surface area contributed by atoms with Gasteiger partial charge in [-0.15, -0.1) is 0 Å². The molecule has 2 aromatic carbocycles. The van der Waals surface area contributed by atoms with Gasteiger partial charge in [-0.1, -0.05) is 68.4 Å². The van der Waals surface area contributed by atoms with E-state index in [2.05, 4.69) is 35.1 Å². The first kappa shape index (κ1) is 27.8. The summed E-state index contributed by atoms with van der Waals surface area (Å²) in [5, 5.41) is 4.02. The molecule has 1 N–H and O–H groups in total. The number of nitrogens with zero attached hydrogens (tertiary/aromatic N) is 1. The molecule has 0 radical (unpaired) electrons. The lowest BCUT2D eigenvalue weighted by atomic mass is 9.95. The van der Waals surface area contributed by atoms with Gasteiger partial charge in [-0.3, -0.25) is 9.59 Å². The fourth-order valence-corrected chi connectivity index (χ4v) is 5.25. The smallest absolute Gasteiger partial charge is 0.261 e. The van der Waals surface area contributed by atoms with Crippen LogP contribution in [0.15, 0.2) is 40.9 Å². The lowest BCUT2D eigenvalue weighted by molar-refractivity contribution is -0.142. The van der Waals surface area contributed by atoms with Crippen molar-refractivity contribution < 1.29 is 14.3 Å². The number of amides is 2. The van der Waals surface area contributed by atoms with Crippen LogP contribution in [-0.2, 0) is 16.1 Å². The van der Waals surface area contributed by atoms with E-state index in [0.29, 0.717) is 27.3 Å². The monoisotopic (exact) mass is 582 g/mol. The van der Waals surface area contributed by atoms with Crippen molar-refractivity contribution in [1.29, 1.82) is 0 Å². The normalized spacial score (nSPS) is 15.1. The predicted octanol–water partition coefficient (Wildman–Crippen LogP) is 7.12. The van der Waals surface area contributed by atoms with Crippen LogP contribution in [0, 0.1) is 0 Å². The van der Waals surface area contributed by atoms with Crippen molar-refractivity contribution in [3.05, 3.63) is 62.0 Å². The summed E-state index contributed by atoms with van der Waals surface area (Å²) in [4.78, 5) is 28.0. The Morgan fingerprint density at radius 3 is 2.34 bits per heavy atom. The molecule has 8 heteroatoms. The Labute approximate surface area is 226 Å². The van der Waals surface area contributed by atoms with E-state index >= 15 is 0 Å². The molecule has 5 nitrogen and oxygen atoms in total. The van der Waals surface area contributed by atoms with Crippen molar-refractivity contribution in [1.82, 2.24) is 10.2 Å².